The van der Waals surface area contributed by atoms with Gasteiger partial charge < -0.3 is 20.1 Å². The van der Waals surface area contributed by atoms with Gasteiger partial charge in [-0.3, -0.25) is 4.99 Å². The quantitative estimate of drug-likeness (QED) is 0.398. The standard InChI is InChI=1S/C18H26N6O.HI/c1-13(15-7-6-8-16(11-15)24-9-4-5-10-24)21-18(19-3)20-12-17-22-14(2)23-25-17;/h6-8,11,13H,4-5,9-10,12H2,1-3H3,(H2,19,20,21);1H. The predicted molar refractivity (Wildman–Crippen MR) is 114 cm³/mol. The third-order valence-electron chi connectivity index (χ3n) is 4.39. The zero-order valence-electron chi connectivity index (χ0n) is 15.5. The van der Waals surface area contributed by atoms with Crippen molar-refractivity contribution < 1.29 is 4.52 Å². The van der Waals surface area contributed by atoms with Crippen molar-refractivity contribution in [2.24, 2.45) is 4.99 Å². The van der Waals surface area contributed by atoms with Gasteiger partial charge in [-0.25, -0.2) is 0 Å². The molecular formula is C18H27IN6O. The largest absolute Gasteiger partial charge is 0.372 e. The summed E-state index contributed by atoms with van der Waals surface area (Å²) < 4.78 is 5.11. The van der Waals surface area contributed by atoms with E-state index < -0.39 is 0 Å². The van der Waals surface area contributed by atoms with Crippen molar-refractivity contribution in [2.75, 3.05) is 25.0 Å². The highest BCUT2D eigenvalue weighted by molar-refractivity contribution is 14.0. The summed E-state index contributed by atoms with van der Waals surface area (Å²) >= 11 is 0. The lowest BCUT2D eigenvalue weighted by molar-refractivity contribution is 0.371. The van der Waals surface area contributed by atoms with Crippen LogP contribution in [0.25, 0.3) is 0 Å². The number of hydrogen-bond donors (Lipinski definition) is 2. The molecule has 1 aromatic carbocycles. The molecule has 1 aliphatic heterocycles. The number of guanidine groups is 1. The van der Waals surface area contributed by atoms with E-state index in [4.69, 9.17) is 4.52 Å². The van der Waals surface area contributed by atoms with E-state index in [1.807, 2.05) is 0 Å². The molecule has 1 unspecified atom stereocenters. The van der Waals surface area contributed by atoms with Crippen molar-refractivity contribution in [1.29, 1.82) is 0 Å². The molecule has 26 heavy (non-hydrogen) atoms. The van der Waals surface area contributed by atoms with Crippen LogP contribution in [0.4, 0.5) is 5.69 Å². The van der Waals surface area contributed by atoms with E-state index in [1.165, 1.54) is 24.1 Å². The Balaban J connectivity index is 0.00000243. The van der Waals surface area contributed by atoms with E-state index in [0.717, 1.165) is 13.1 Å². The van der Waals surface area contributed by atoms with Gasteiger partial charge in [0, 0.05) is 25.8 Å². The number of benzene rings is 1. The van der Waals surface area contributed by atoms with Gasteiger partial charge in [0.25, 0.3) is 0 Å². The Morgan fingerprint density at radius 2 is 2.12 bits per heavy atom. The lowest BCUT2D eigenvalue weighted by Crippen LogP contribution is -2.38. The third kappa shape index (κ3) is 5.33. The van der Waals surface area contributed by atoms with Crippen LogP contribution in [0.15, 0.2) is 33.8 Å². The van der Waals surface area contributed by atoms with Crippen LogP contribution in [0.3, 0.4) is 0 Å². The molecule has 2 heterocycles. The van der Waals surface area contributed by atoms with E-state index in [0.29, 0.717) is 24.2 Å². The van der Waals surface area contributed by atoms with E-state index in [-0.39, 0.29) is 30.0 Å². The van der Waals surface area contributed by atoms with Crippen LogP contribution in [-0.4, -0.2) is 36.2 Å². The Labute approximate surface area is 171 Å². The first-order chi connectivity index (χ1) is 12.2. The van der Waals surface area contributed by atoms with Gasteiger partial charge >= 0.3 is 0 Å². The van der Waals surface area contributed by atoms with Crippen LogP contribution in [0.5, 0.6) is 0 Å². The Bertz CT molecular complexity index is 726. The minimum Gasteiger partial charge on any atom is -0.372 e. The van der Waals surface area contributed by atoms with Crippen LogP contribution in [-0.2, 0) is 6.54 Å². The second-order valence-corrected chi connectivity index (χ2v) is 6.32. The first kappa shape index (κ1) is 20.5. The Morgan fingerprint density at radius 3 is 2.77 bits per heavy atom. The monoisotopic (exact) mass is 470 g/mol. The minimum absolute atomic E-state index is 0. The SMILES string of the molecule is CN=C(NCc1nc(C)no1)NC(C)c1cccc(N2CCCC2)c1.I. The average molecular weight is 470 g/mol. The van der Waals surface area contributed by atoms with Crippen molar-refractivity contribution in [3.8, 4) is 0 Å². The van der Waals surface area contributed by atoms with E-state index in [1.54, 1.807) is 14.0 Å². The average Bonchev–Trinajstić information content (AvgIpc) is 3.30. The summed E-state index contributed by atoms with van der Waals surface area (Å²) in [6.45, 7) is 6.68. The summed E-state index contributed by atoms with van der Waals surface area (Å²) in [7, 11) is 1.75. The fourth-order valence-electron chi connectivity index (χ4n) is 3.02. The number of aryl methyl sites for hydroxylation is 1. The second-order valence-electron chi connectivity index (χ2n) is 6.32. The molecule has 1 fully saturated rings. The van der Waals surface area contributed by atoms with Crippen molar-refractivity contribution in [1.82, 2.24) is 20.8 Å². The normalized spacial score (nSPS) is 15.5. The first-order valence-electron chi connectivity index (χ1n) is 8.77. The Hall–Kier alpha value is -1.84. The van der Waals surface area contributed by atoms with Gasteiger partial charge in [-0.2, -0.15) is 4.98 Å². The molecule has 2 aromatic rings. The van der Waals surface area contributed by atoms with Crippen LogP contribution >= 0.6 is 24.0 Å². The van der Waals surface area contributed by atoms with Gasteiger partial charge in [0.05, 0.1) is 12.6 Å². The molecule has 1 atom stereocenters. The van der Waals surface area contributed by atoms with Crippen molar-refractivity contribution in [3.63, 3.8) is 0 Å². The molecule has 2 N–H and O–H groups in total. The van der Waals surface area contributed by atoms with Gasteiger partial charge in [0.2, 0.25) is 5.89 Å². The Kier molecular flexibility index (Phi) is 7.67. The summed E-state index contributed by atoms with van der Waals surface area (Å²) in [4.78, 5) is 10.9. The zero-order chi connectivity index (χ0) is 17.6. The molecule has 3 rings (SSSR count). The van der Waals surface area contributed by atoms with Crippen molar-refractivity contribution >= 4 is 35.6 Å². The molecular weight excluding hydrogens is 443 g/mol. The molecule has 0 spiro atoms. The van der Waals surface area contributed by atoms with E-state index in [9.17, 15) is 0 Å². The number of anilines is 1. The maximum Gasteiger partial charge on any atom is 0.246 e. The zero-order valence-corrected chi connectivity index (χ0v) is 17.9. The van der Waals surface area contributed by atoms with Crippen LogP contribution < -0.4 is 15.5 Å². The molecule has 0 aliphatic carbocycles. The highest BCUT2D eigenvalue weighted by atomic mass is 127. The molecule has 0 bridgehead atoms. The highest BCUT2D eigenvalue weighted by Gasteiger charge is 2.14. The lowest BCUT2D eigenvalue weighted by atomic mass is 10.1. The number of aromatic nitrogens is 2. The number of nitrogens with zero attached hydrogens (tertiary/aromatic N) is 4. The van der Waals surface area contributed by atoms with Gasteiger partial charge in [0.1, 0.15) is 0 Å². The fourth-order valence-corrected chi connectivity index (χ4v) is 3.02. The summed E-state index contributed by atoms with van der Waals surface area (Å²) in [6.07, 6.45) is 2.56. The fraction of sp³-hybridized carbons (Fsp3) is 0.500. The summed E-state index contributed by atoms with van der Waals surface area (Å²) in [5.41, 5.74) is 2.54. The topological polar surface area (TPSA) is 78.6 Å². The van der Waals surface area contributed by atoms with Gasteiger partial charge in [-0.05, 0) is 44.4 Å². The number of rotatable bonds is 5. The molecule has 1 aromatic heterocycles. The number of nitrogens with one attached hydrogen (secondary N) is 2. The van der Waals surface area contributed by atoms with Gasteiger partial charge in [-0.15, -0.1) is 24.0 Å². The lowest BCUT2D eigenvalue weighted by Gasteiger charge is -2.21. The minimum atomic E-state index is 0. The molecule has 8 heteroatoms. The molecule has 142 valence electrons. The summed E-state index contributed by atoms with van der Waals surface area (Å²) in [5.74, 6) is 1.88. The van der Waals surface area contributed by atoms with Crippen LogP contribution in [0.2, 0.25) is 0 Å². The van der Waals surface area contributed by atoms with Crippen LogP contribution in [0.1, 0.15) is 43.1 Å². The van der Waals surface area contributed by atoms with E-state index >= 15 is 0 Å². The third-order valence-corrected chi connectivity index (χ3v) is 4.39. The molecule has 0 saturated carbocycles. The number of halogens is 1. The summed E-state index contributed by atoms with van der Waals surface area (Å²) in [6, 6.07) is 8.85. The van der Waals surface area contributed by atoms with Gasteiger partial charge in [0.15, 0.2) is 11.8 Å². The summed E-state index contributed by atoms with van der Waals surface area (Å²) in [5, 5.41) is 10.4. The maximum atomic E-state index is 5.11. The molecule has 0 amide bonds. The smallest absolute Gasteiger partial charge is 0.246 e. The van der Waals surface area contributed by atoms with Crippen LogP contribution in [0, 0.1) is 6.92 Å². The number of aliphatic imine (C=N–C) groups is 1. The first-order valence-corrected chi connectivity index (χ1v) is 8.77. The molecule has 1 aliphatic rings. The maximum absolute atomic E-state index is 5.11. The second kappa shape index (κ2) is 9.75. The van der Waals surface area contributed by atoms with Gasteiger partial charge in [-0.1, -0.05) is 17.3 Å². The highest BCUT2D eigenvalue weighted by Crippen LogP contribution is 2.23. The van der Waals surface area contributed by atoms with Crippen molar-refractivity contribution in [2.45, 2.75) is 39.3 Å². The molecule has 7 nitrogen and oxygen atoms in total. The van der Waals surface area contributed by atoms with E-state index in [2.05, 4.69) is 61.9 Å². The predicted octanol–water partition coefficient (Wildman–Crippen LogP) is 3.02. The number of hydrogen-bond acceptors (Lipinski definition) is 5. The van der Waals surface area contributed by atoms with Crippen molar-refractivity contribution in [3.05, 3.63) is 41.5 Å². The molecule has 1 saturated heterocycles. The molecule has 0 radical (unpaired) electrons. The Morgan fingerprint density at radius 1 is 1.35 bits per heavy atom.